The molecule has 1 aliphatic heterocycles. The van der Waals surface area contributed by atoms with E-state index in [1.165, 1.54) is 34.9 Å². The summed E-state index contributed by atoms with van der Waals surface area (Å²) in [5.74, 6) is -2.58. The molecule has 0 aliphatic carbocycles. The Hall–Kier alpha value is -3.74. The topological polar surface area (TPSA) is 223 Å². The van der Waals surface area contributed by atoms with Crippen LogP contribution < -0.4 is 26.5 Å². The fraction of sp³-hybridized carbons (Fsp3) is 0.273. The predicted octanol–water partition coefficient (Wildman–Crippen LogP) is 0.172. The Morgan fingerprint density at radius 3 is 2.62 bits per heavy atom. The van der Waals surface area contributed by atoms with Crippen LogP contribution in [0.15, 0.2) is 50.0 Å². The van der Waals surface area contributed by atoms with Gasteiger partial charge in [-0.1, -0.05) is 16.9 Å². The lowest BCUT2D eigenvalue weighted by Gasteiger charge is -2.28. The molecule has 0 spiro atoms. The van der Waals surface area contributed by atoms with Gasteiger partial charge in [0.05, 0.1) is 29.2 Å². The third-order valence-corrected chi connectivity index (χ3v) is 8.60. The van der Waals surface area contributed by atoms with E-state index in [4.69, 9.17) is 21.4 Å². The Morgan fingerprint density at radius 2 is 2.05 bits per heavy atom. The lowest BCUT2D eigenvalue weighted by atomic mass is 10.2. The van der Waals surface area contributed by atoms with Crippen molar-refractivity contribution in [2.45, 2.75) is 23.1 Å². The zero-order chi connectivity index (χ0) is 29.2. The monoisotopic (exact) mass is 624 g/mol. The van der Waals surface area contributed by atoms with E-state index in [9.17, 15) is 19.5 Å². The number of anilines is 1. The fourth-order valence-corrected chi connectivity index (χ4v) is 6.55. The third kappa shape index (κ3) is 8.90. The number of carboxylic acids is 2. The number of oxime groups is 1. The minimum atomic E-state index is -1.34. The molecule has 6 N–H and O–H groups in total. The highest BCUT2D eigenvalue weighted by atomic mass is 32.2. The van der Waals surface area contributed by atoms with Crippen molar-refractivity contribution in [2.24, 2.45) is 17.9 Å². The van der Waals surface area contributed by atoms with E-state index in [1.807, 2.05) is 41.5 Å². The molecule has 0 aromatic carbocycles. The van der Waals surface area contributed by atoms with Crippen LogP contribution in [0.2, 0.25) is 0 Å². The maximum Gasteiger partial charge on any atom is 0.306 e. The van der Waals surface area contributed by atoms with Crippen molar-refractivity contribution in [3.63, 3.8) is 0 Å². The molecule has 40 heavy (non-hydrogen) atoms. The lowest BCUT2D eigenvalue weighted by Crippen LogP contribution is -2.41. The van der Waals surface area contributed by atoms with Crippen molar-refractivity contribution in [3.8, 4) is 11.3 Å². The zero-order valence-electron chi connectivity index (χ0n) is 21.1. The fourth-order valence-electron chi connectivity index (χ4n) is 2.92. The first-order valence-corrected chi connectivity index (χ1v) is 14.8. The summed E-state index contributed by atoms with van der Waals surface area (Å²) in [6.45, 7) is 2.06. The molecule has 4 heterocycles. The first kappa shape index (κ1) is 30.8. The Kier molecular flexibility index (Phi) is 11.2. The quantitative estimate of drug-likeness (QED) is 0.134. The number of thiazole rings is 1. The minimum absolute atomic E-state index is 0.0523. The number of aliphatic carboxylic acids is 2. The number of hydrogen-bond donors (Lipinski definition) is 4. The van der Waals surface area contributed by atoms with Gasteiger partial charge >= 0.3 is 5.97 Å². The normalized spacial score (nSPS) is 15.1. The summed E-state index contributed by atoms with van der Waals surface area (Å²) in [6, 6.07) is 3.92. The molecule has 1 amide bonds. The number of carbonyl (C=O) groups excluding carboxylic acids is 2. The van der Waals surface area contributed by atoms with Crippen LogP contribution in [0.4, 0.5) is 5.13 Å². The first-order chi connectivity index (χ1) is 19.1. The van der Waals surface area contributed by atoms with Crippen LogP contribution in [0.3, 0.4) is 0 Å². The molecule has 0 bridgehead atoms. The second-order valence-electron chi connectivity index (χ2n) is 7.66. The second kappa shape index (κ2) is 14.6. The number of rotatable bonds is 10. The summed E-state index contributed by atoms with van der Waals surface area (Å²) < 4.78 is 6.44. The minimum Gasteiger partial charge on any atom is -0.543 e. The van der Waals surface area contributed by atoms with Gasteiger partial charge in [0.2, 0.25) is 11.5 Å². The predicted molar refractivity (Wildman–Crippen MR) is 150 cm³/mol. The summed E-state index contributed by atoms with van der Waals surface area (Å²) in [6.07, 6.45) is 3.71. The number of carboxylic acid groups (broad SMARTS) is 2. The Labute approximate surface area is 244 Å². The number of hydrogen-bond acceptors (Lipinski definition) is 15. The molecule has 0 saturated carbocycles. The summed E-state index contributed by atoms with van der Waals surface area (Å²) in [7, 11) is 1.94. The summed E-state index contributed by atoms with van der Waals surface area (Å²) in [5, 5.41) is 28.2. The molecule has 18 heteroatoms. The first-order valence-electron chi connectivity index (χ1n) is 11.3. The number of amides is 1. The molecule has 1 atom stereocenters. The van der Waals surface area contributed by atoms with Crippen LogP contribution in [0.25, 0.3) is 11.3 Å². The molecule has 14 nitrogen and oxygen atoms in total. The zero-order valence-corrected chi connectivity index (χ0v) is 24.4. The maximum absolute atomic E-state index is 11.4. The average molecular weight is 625 g/mol. The number of pyridine rings is 1. The molecule has 4 rings (SSSR count). The highest BCUT2D eigenvalue weighted by Crippen LogP contribution is 2.38. The van der Waals surface area contributed by atoms with E-state index >= 15 is 0 Å². The molecule has 0 radical (unpaired) electrons. The number of carbonyl (C=O) groups is 3. The van der Waals surface area contributed by atoms with Crippen LogP contribution in [-0.2, 0) is 26.3 Å². The maximum atomic E-state index is 11.4. The van der Waals surface area contributed by atoms with Crippen molar-refractivity contribution in [3.05, 3.63) is 46.3 Å². The van der Waals surface area contributed by atoms with Gasteiger partial charge in [0.25, 0.3) is 5.91 Å². The van der Waals surface area contributed by atoms with Gasteiger partial charge in [-0.25, -0.2) is 9.55 Å². The van der Waals surface area contributed by atoms with Crippen LogP contribution >= 0.6 is 46.4 Å². The summed E-state index contributed by atoms with van der Waals surface area (Å²) in [4.78, 5) is 46.8. The van der Waals surface area contributed by atoms with Gasteiger partial charge in [-0.05, 0) is 6.92 Å². The van der Waals surface area contributed by atoms with E-state index in [-0.39, 0.29) is 28.8 Å². The van der Waals surface area contributed by atoms with Crippen molar-refractivity contribution >= 4 is 75.1 Å². The molecule has 0 fully saturated rings. The van der Waals surface area contributed by atoms with E-state index in [0.717, 1.165) is 27.1 Å². The van der Waals surface area contributed by atoms with Crippen molar-refractivity contribution in [1.29, 1.82) is 0 Å². The molecule has 0 saturated heterocycles. The number of nitrogens with one attached hydrogen (secondary N) is 1. The van der Waals surface area contributed by atoms with Crippen molar-refractivity contribution < 1.29 is 34.0 Å². The van der Waals surface area contributed by atoms with Crippen LogP contribution in [0, 0.1) is 0 Å². The van der Waals surface area contributed by atoms with Gasteiger partial charge in [-0.15, -0.1) is 23.1 Å². The number of aromatic nitrogens is 4. The lowest BCUT2D eigenvalue weighted by molar-refractivity contribution is -0.671. The van der Waals surface area contributed by atoms with E-state index in [0.29, 0.717) is 17.3 Å². The molecule has 3 aromatic rings. The average Bonchev–Trinajstić information content (AvgIpc) is 3.54. The number of primary amides is 1. The number of thioether (sulfide) groups is 2. The van der Waals surface area contributed by atoms with Gasteiger partial charge in [-0.2, -0.15) is 9.36 Å². The van der Waals surface area contributed by atoms with Gasteiger partial charge < -0.3 is 36.6 Å². The molecule has 212 valence electrons. The largest absolute Gasteiger partial charge is 0.543 e. The summed E-state index contributed by atoms with van der Waals surface area (Å²) >= 11 is 5.02. The Morgan fingerprint density at radius 1 is 1.32 bits per heavy atom. The Balaban J connectivity index is 0.000000267. The molecule has 3 aromatic heterocycles. The number of nitrogens with two attached hydrogens (primary N) is 2. The highest BCUT2D eigenvalue weighted by Gasteiger charge is 2.25. The molecule has 0 unspecified atom stereocenters. The standard InChI is InChI=1S/C16H15N3O4S3.C6H9N5O2S/c1-19-4-2-9(3-5-19)10-7-25-16(17-10)26-11-8-24-12(6-13(20)21)18-14(11)15(22)23;1-2-13-10-3(4(7)12)5-9-6(8)14-11-5/h2-5,7,12,18H,6,8H2,1H3,(H-,20,21,22,23);2H2,1H3,(H2,7,12)(H2,8,9,11)/b;10-3+/t12-;/m1./s1. The number of aryl methyl sites for hydroxylation is 1. The smallest absolute Gasteiger partial charge is 0.306 e. The number of nitrogen functional groups attached to an aromatic ring is 1. The summed E-state index contributed by atoms with van der Waals surface area (Å²) in [5.41, 5.74) is 12.0. The molecule has 1 aliphatic rings. The van der Waals surface area contributed by atoms with Crippen molar-refractivity contribution in [1.82, 2.24) is 19.7 Å². The van der Waals surface area contributed by atoms with Crippen molar-refractivity contribution in [2.75, 3.05) is 18.1 Å². The SMILES string of the molecule is CCO/N=C(\C(N)=O)c1nsc(N)n1.C[n+]1ccc(-c2csc(SC3=C(C(=O)[O-])N[C@@H](CC(=O)O)SC3)n2)cc1. The van der Waals surface area contributed by atoms with Crippen LogP contribution in [-0.4, -0.2) is 60.7 Å². The highest BCUT2D eigenvalue weighted by molar-refractivity contribution is 8.07. The van der Waals surface area contributed by atoms with E-state index < -0.39 is 23.2 Å². The molecular weight excluding hydrogens is 601 g/mol. The van der Waals surface area contributed by atoms with Gasteiger partial charge in [0, 0.05) is 45.3 Å². The van der Waals surface area contributed by atoms with Crippen LogP contribution in [0.1, 0.15) is 19.2 Å². The second-order valence-corrected chi connectivity index (χ2v) is 11.8. The van der Waals surface area contributed by atoms with Crippen LogP contribution in [0.5, 0.6) is 0 Å². The van der Waals surface area contributed by atoms with Gasteiger partial charge in [0.1, 0.15) is 13.7 Å². The third-order valence-electron chi connectivity index (χ3n) is 4.70. The Bertz CT molecular complexity index is 1420. The van der Waals surface area contributed by atoms with Gasteiger partial charge in [0.15, 0.2) is 21.9 Å². The van der Waals surface area contributed by atoms with E-state index in [2.05, 4.69) is 24.8 Å². The van der Waals surface area contributed by atoms with Gasteiger partial charge in [-0.3, -0.25) is 9.59 Å². The van der Waals surface area contributed by atoms with E-state index in [1.54, 1.807) is 6.92 Å². The number of nitrogens with zero attached hydrogens (tertiary/aromatic N) is 5. The molecular formula is C22H24N8O6S4.